The second-order valence-corrected chi connectivity index (χ2v) is 14.4. The fourth-order valence-electron chi connectivity index (χ4n) is 6.96. The number of anilines is 2. The number of rotatable bonds is 8. The lowest BCUT2D eigenvalue weighted by Crippen LogP contribution is -2.39. The van der Waals surface area contributed by atoms with E-state index in [2.05, 4.69) is 32.3 Å². The molecule has 0 radical (unpaired) electrons. The standard InChI is InChI=1S/C31H42N6O4S/c1-3-41-23-12-16-37(20-23)30(38)21-7-9-22(10-8-21)34-31-32-15-11-26(35-31)25-19-33-27-5-4-6-28(29(25)27)36-17-13-24(14-18-36)42(2,39)40/h4-6,11,15,19,21-24,33H,3,7-10,12-14,16-18,20H2,1-2H3,(H,32,34,35)/t21?,22?,23-/m0/s1. The van der Waals surface area contributed by atoms with Gasteiger partial charge in [0.2, 0.25) is 11.9 Å². The maximum absolute atomic E-state index is 13.1. The van der Waals surface area contributed by atoms with Gasteiger partial charge in [0.15, 0.2) is 0 Å². The second kappa shape index (κ2) is 12.2. The average Bonchev–Trinajstić information content (AvgIpc) is 3.65. The number of piperidine rings is 1. The minimum absolute atomic E-state index is 0.0859. The van der Waals surface area contributed by atoms with Crippen LogP contribution >= 0.6 is 0 Å². The summed E-state index contributed by atoms with van der Waals surface area (Å²) in [6.07, 6.45) is 11.1. The Bertz CT molecular complexity index is 1510. The Kier molecular flexibility index (Phi) is 8.40. The Morgan fingerprint density at radius 1 is 1.07 bits per heavy atom. The third-order valence-corrected chi connectivity index (χ3v) is 11.0. The van der Waals surface area contributed by atoms with E-state index in [4.69, 9.17) is 9.72 Å². The monoisotopic (exact) mass is 594 g/mol. The second-order valence-electron chi connectivity index (χ2n) is 12.0. The van der Waals surface area contributed by atoms with Gasteiger partial charge in [-0.15, -0.1) is 0 Å². The molecule has 3 aliphatic rings. The minimum atomic E-state index is -3.03. The summed E-state index contributed by atoms with van der Waals surface area (Å²) in [5.41, 5.74) is 3.95. The molecule has 1 atom stereocenters. The van der Waals surface area contributed by atoms with E-state index >= 15 is 0 Å². The van der Waals surface area contributed by atoms with Crippen molar-refractivity contribution in [2.24, 2.45) is 5.92 Å². The molecule has 1 aliphatic carbocycles. The molecule has 226 valence electrons. The highest BCUT2D eigenvalue weighted by atomic mass is 32.2. The summed E-state index contributed by atoms with van der Waals surface area (Å²) in [6, 6.07) is 8.37. The lowest BCUT2D eigenvalue weighted by Gasteiger charge is -2.33. The van der Waals surface area contributed by atoms with Gasteiger partial charge in [0, 0.05) is 85.5 Å². The van der Waals surface area contributed by atoms with Crippen LogP contribution in [0.25, 0.3) is 22.2 Å². The first-order chi connectivity index (χ1) is 20.3. The minimum Gasteiger partial charge on any atom is -0.377 e. The Morgan fingerprint density at radius 2 is 1.86 bits per heavy atom. The predicted molar refractivity (Wildman–Crippen MR) is 165 cm³/mol. The average molecular weight is 595 g/mol. The first-order valence-electron chi connectivity index (χ1n) is 15.3. The summed E-state index contributed by atoms with van der Waals surface area (Å²) < 4.78 is 29.9. The molecule has 4 heterocycles. The molecule has 2 aliphatic heterocycles. The van der Waals surface area contributed by atoms with E-state index in [0.29, 0.717) is 38.5 Å². The first kappa shape index (κ1) is 28.9. The van der Waals surface area contributed by atoms with E-state index in [0.717, 1.165) is 73.0 Å². The Labute approximate surface area is 248 Å². The molecule has 3 fully saturated rings. The van der Waals surface area contributed by atoms with Gasteiger partial charge in [-0.2, -0.15) is 0 Å². The SMILES string of the molecule is CCO[C@H]1CCN(C(=O)C2CCC(Nc3nccc(-c4c[nH]c5cccc(N6CCC(S(C)(=O)=O)CC6)c45)n3)CC2)C1. The van der Waals surface area contributed by atoms with E-state index < -0.39 is 9.84 Å². The van der Waals surface area contributed by atoms with E-state index in [1.165, 1.54) is 6.26 Å². The molecular weight excluding hydrogens is 552 g/mol. The highest BCUT2D eigenvalue weighted by Crippen LogP contribution is 2.37. The molecule has 3 aromatic rings. The quantitative estimate of drug-likeness (QED) is 0.397. The third kappa shape index (κ3) is 6.13. The van der Waals surface area contributed by atoms with Crippen molar-refractivity contribution < 1.29 is 17.9 Å². The van der Waals surface area contributed by atoms with Crippen LogP contribution in [0.3, 0.4) is 0 Å². The van der Waals surface area contributed by atoms with Crippen molar-refractivity contribution >= 4 is 38.3 Å². The number of carbonyl (C=O) groups is 1. The maximum atomic E-state index is 13.1. The molecule has 0 bridgehead atoms. The van der Waals surface area contributed by atoms with Crippen molar-refractivity contribution in [1.82, 2.24) is 19.9 Å². The molecule has 11 heteroatoms. The molecule has 2 saturated heterocycles. The van der Waals surface area contributed by atoms with Crippen molar-refractivity contribution in [2.75, 3.05) is 49.3 Å². The molecule has 0 unspecified atom stereocenters. The third-order valence-electron chi connectivity index (χ3n) is 9.27. The van der Waals surface area contributed by atoms with Crippen LogP contribution in [0.4, 0.5) is 11.6 Å². The smallest absolute Gasteiger partial charge is 0.225 e. The van der Waals surface area contributed by atoms with Gasteiger partial charge in [-0.05, 0) is 70.1 Å². The molecule has 2 N–H and O–H groups in total. The number of nitrogens with one attached hydrogen (secondary N) is 2. The summed E-state index contributed by atoms with van der Waals surface area (Å²) in [4.78, 5) is 30.2. The van der Waals surface area contributed by atoms with Crippen molar-refractivity contribution in [3.05, 3.63) is 36.7 Å². The molecule has 42 heavy (non-hydrogen) atoms. The number of amides is 1. The Hall–Kier alpha value is -3.18. The van der Waals surface area contributed by atoms with Crippen LogP contribution in [0.15, 0.2) is 36.7 Å². The van der Waals surface area contributed by atoms with Crippen LogP contribution in [0.2, 0.25) is 0 Å². The normalized spacial score (nSPS) is 23.9. The van der Waals surface area contributed by atoms with Crippen LogP contribution in [0.1, 0.15) is 51.9 Å². The van der Waals surface area contributed by atoms with Crippen LogP contribution < -0.4 is 10.2 Å². The molecule has 2 aromatic heterocycles. The molecule has 6 rings (SSSR count). The van der Waals surface area contributed by atoms with Gasteiger partial charge in [0.25, 0.3) is 0 Å². The van der Waals surface area contributed by atoms with Gasteiger partial charge in [-0.3, -0.25) is 4.79 Å². The van der Waals surface area contributed by atoms with Gasteiger partial charge >= 0.3 is 0 Å². The van der Waals surface area contributed by atoms with Gasteiger partial charge in [0.1, 0.15) is 9.84 Å². The first-order valence-corrected chi connectivity index (χ1v) is 17.3. The Balaban J connectivity index is 1.12. The van der Waals surface area contributed by atoms with E-state index in [-0.39, 0.29) is 29.2 Å². The van der Waals surface area contributed by atoms with Crippen molar-refractivity contribution in [3.63, 3.8) is 0 Å². The number of likely N-dealkylation sites (tertiary alicyclic amines) is 1. The zero-order valence-corrected chi connectivity index (χ0v) is 25.4. The molecular formula is C31H42N6O4S. The molecule has 10 nitrogen and oxygen atoms in total. The number of carbonyl (C=O) groups excluding carboxylic acids is 1. The molecule has 1 amide bonds. The van der Waals surface area contributed by atoms with Gasteiger partial charge in [-0.25, -0.2) is 18.4 Å². The van der Waals surface area contributed by atoms with Crippen LogP contribution in [0, 0.1) is 5.92 Å². The number of fused-ring (bicyclic) bond motifs is 1. The van der Waals surface area contributed by atoms with Gasteiger partial charge in [0.05, 0.1) is 17.0 Å². The largest absolute Gasteiger partial charge is 0.377 e. The molecule has 1 saturated carbocycles. The number of aromatic amines is 1. The summed E-state index contributed by atoms with van der Waals surface area (Å²) in [7, 11) is -3.03. The summed E-state index contributed by atoms with van der Waals surface area (Å²) >= 11 is 0. The fraction of sp³-hybridized carbons (Fsp3) is 0.581. The number of aromatic nitrogens is 3. The van der Waals surface area contributed by atoms with Crippen LogP contribution in [-0.2, 0) is 19.4 Å². The highest BCUT2D eigenvalue weighted by molar-refractivity contribution is 7.91. The maximum Gasteiger partial charge on any atom is 0.225 e. The summed E-state index contributed by atoms with van der Waals surface area (Å²) in [5, 5.41) is 4.36. The van der Waals surface area contributed by atoms with E-state index in [9.17, 15) is 13.2 Å². The van der Waals surface area contributed by atoms with E-state index in [1.54, 1.807) is 6.20 Å². The van der Waals surface area contributed by atoms with Crippen molar-refractivity contribution in [2.45, 2.75) is 69.3 Å². The zero-order chi connectivity index (χ0) is 29.3. The van der Waals surface area contributed by atoms with Crippen LogP contribution in [-0.4, -0.2) is 90.6 Å². The lowest BCUT2D eigenvalue weighted by molar-refractivity contribution is -0.136. The van der Waals surface area contributed by atoms with Crippen molar-refractivity contribution in [3.8, 4) is 11.3 Å². The van der Waals surface area contributed by atoms with Gasteiger partial charge in [-0.1, -0.05) is 6.07 Å². The predicted octanol–water partition coefficient (Wildman–Crippen LogP) is 4.25. The molecule has 1 aromatic carbocycles. The highest BCUT2D eigenvalue weighted by Gasteiger charge is 2.34. The number of nitrogens with zero attached hydrogens (tertiary/aromatic N) is 4. The number of hydrogen-bond acceptors (Lipinski definition) is 8. The molecule has 0 spiro atoms. The summed E-state index contributed by atoms with van der Waals surface area (Å²) in [6.45, 7) is 5.63. The van der Waals surface area contributed by atoms with Gasteiger partial charge < -0.3 is 24.8 Å². The number of benzene rings is 1. The summed E-state index contributed by atoms with van der Waals surface area (Å²) in [5.74, 6) is 0.967. The Morgan fingerprint density at radius 3 is 2.60 bits per heavy atom. The zero-order valence-electron chi connectivity index (χ0n) is 24.6. The van der Waals surface area contributed by atoms with Crippen molar-refractivity contribution in [1.29, 1.82) is 0 Å². The van der Waals surface area contributed by atoms with Crippen LogP contribution in [0.5, 0.6) is 0 Å². The fourth-order valence-corrected chi connectivity index (χ4v) is 8.03. The van der Waals surface area contributed by atoms with E-state index in [1.807, 2.05) is 30.2 Å². The topological polar surface area (TPSA) is 121 Å². The lowest BCUT2D eigenvalue weighted by atomic mass is 9.85. The number of ether oxygens (including phenoxy) is 1. The number of sulfone groups is 1. The number of hydrogen-bond donors (Lipinski definition) is 2. The number of H-pyrrole nitrogens is 1.